The van der Waals surface area contributed by atoms with E-state index in [0.717, 1.165) is 5.50 Å². The third-order valence-electron chi connectivity index (χ3n) is 2.27. The topological polar surface area (TPSA) is 17.0 Å². The second kappa shape index (κ2) is 3.10. The number of benzene rings is 1. The molecule has 2 heterocycles. The summed E-state index contributed by atoms with van der Waals surface area (Å²) in [7, 11) is 0. The summed E-state index contributed by atoms with van der Waals surface area (Å²) in [5.74, 6) is 0. The molecule has 14 heavy (non-hydrogen) atoms. The van der Waals surface area contributed by atoms with E-state index >= 15 is 0 Å². The summed E-state index contributed by atoms with van der Waals surface area (Å²) < 4.78 is 2.17. The summed E-state index contributed by atoms with van der Waals surface area (Å²) in [6, 6.07) is 10.5. The van der Waals surface area contributed by atoms with Crippen molar-refractivity contribution in [3.63, 3.8) is 0 Å². The van der Waals surface area contributed by atoms with Crippen LogP contribution in [0.5, 0.6) is 0 Å². The number of fused-ring (bicyclic) bond motifs is 1. The molecule has 0 spiro atoms. The maximum atomic E-state index is 3.21. The van der Waals surface area contributed by atoms with Gasteiger partial charge >= 0.3 is 0 Å². The van der Waals surface area contributed by atoms with Crippen LogP contribution in [0.25, 0.3) is 10.9 Å². The number of thioether (sulfide) groups is 1. The first-order chi connectivity index (χ1) is 6.95. The highest BCUT2D eigenvalue weighted by Crippen LogP contribution is 2.28. The molecule has 1 radical (unpaired) electrons. The van der Waals surface area contributed by atoms with Gasteiger partial charge in [-0.3, -0.25) is 0 Å². The summed E-state index contributed by atoms with van der Waals surface area (Å²) in [5, 5.41) is 6.53. The summed E-state index contributed by atoms with van der Waals surface area (Å²) in [5.41, 5.74) is 2.39. The molecule has 2 nitrogen and oxygen atoms in total. The van der Waals surface area contributed by atoms with E-state index in [1.54, 1.807) is 11.8 Å². The molecule has 0 fully saturated rings. The number of nitrogens with zero attached hydrogens (tertiary/aromatic N) is 1. The quantitative estimate of drug-likeness (QED) is 0.764. The molecule has 0 unspecified atom stereocenters. The van der Waals surface area contributed by atoms with Crippen molar-refractivity contribution >= 4 is 22.7 Å². The Morgan fingerprint density at radius 3 is 2.93 bits per heavy atom. The molecule has 3 heteroatoms. The Balaban J connectivity index is 2.12. The van der Waals surface area contributed by atoms with E-state index in [1.807, 2.05) is 11.6 Å². The number of nitrogens with one attached hydrogen (secondary N) is 1. The molecule has 0 aliphatic carbocycles. The summed E-state index contributed by atoms with van der Waals surface area (Å²) in [6.45, 7) is 0. The van der Waals surface area contributed by atoms with Crippen LogP contribution in [0.1, 0.15) is 0 Å². The maximum absolute atomic E-state index is 3.21. The van der Waals surface area contributed by atoms with E-state index in [4.69, 9.17) is 0 Å². The Morgan fingerprint density at radius 1 is 1.14 bits per heavy atom. The Hall–Kier alpha value is -1.35. The largest absolute Gasteiger partial charge is 0.355 e. The molecule has 1 aliphatic rings. The zero-order valence-electron chi connectivity index (χ0n) is 7.47. The van der Waals surface area contributed by atoms with Crippen LogP contribution in [0, 0.1) is 5.50 Å². The van der Waals surface area contributed by atoms with Crippen LogP contribution in [0.15, 0.2) is 48.1 Å². The zero-order chi connectivity index (χ0) is 9.38. The fourth-order valence-electron chi connectivity index (χ4n) is 1.62. The van der Waals surface area contributed by atoms with Crippen molar-refractivity contribution in [3.8, 4) is 0 Å². The van der Waals surface area contributed by atoms with Crippen LogP contribution < -0.4 is 5.32 Å². The predicted molar refractivity (Wildman–Crippen MR) is 60.4 cm³/mol. The fraction of sp³-hybridized carbons (Fsp3) is 0. The average molecular weight is 201 g/mol. The monoisotopic (exact) mass is 201 g/mol. The second-order valence-electron chi connectivity index (χ2n) is 3.11. The molecule has 0 atom stereocenters. The van der Waals surface area contributed by atoms with Crippen LogP contribution >= 0.6 is 11.8 Å². The third-order valence-corrected chi connectivity index (χ3v) is 3.08. The lowest BCUT2D eigenvalue weighted by Gasteiger charge is -2.11. The molecule has 0 saturated heterocycles. The molecular weight excluding hydrogens is 192 g/mol. The second-order valence-corrected chi connectivity index (χ2v) is 4.01. The van der Waals surface area contributed by atoms with Gasteiger partial charge in [0.15, 0.2) is 0 Å². The van der Waals surface area contributed by atoms with Gasteiger partial charge < -0.3 is 9.88 Å². The molecule has 0 saturated carbocycles. The van der Waals surface area contributed by atoms with Gasteiger partial charge in [0.1, 0.15) is 0 Å². The van der Waals surface area contributed by atoms with E-state index in [1.165, 1.54) is 10.9 Å². The minimum absolute atomic E-state index is 1.14. The van der Waals surface area contributed by atoms with Crippen molar-refractivity contribution in [3.05, 3.63) is 53.6 Å². The Bertz CT molecular complexity index is 479. The van der Waals surface area contributed by atoms with Crippen molar-refractivity contribution in [2.24, 2.45) is 0 Å². The van der Waals surface area contributed by atoms with Crippen LogP contribution in [0.2, 0.25) is 0 Å². The fourth-order valence-corrected chi connectivity index (χ4v) is 2.30. The van der Waals surface area contributed by atoms with E-state index in [9.17, 15) is 0 Å². The standard InChI is InChI=1S/C11H9N2S/c1-2-4-10-9(3-1)5-7-13(10)11-12-6-8-14-11/h1-8,12H. The Morgan fingerprint density at radius 2 is 2.07 bits per heavy atom. The first-order valence-electron chi connectivity index (χ1n) is 4.47. The molecule has 1 N–H and O–H groups in total. The summed E-state index contributed by atoms with van der Waals surface area (Å²) in [4.78, 5) is 0. The SMILES string of the molecule is C1=CS[C](n2ccc3ccccc32)N1. The van der Waals surface area contributed by atoms with Gasteiger partial charge in [-0.1, -0.05) is 30.0 Å². The molecule has 0 amide bonds. The molecule has 0 bridgehead atoms. The lowest BCUT2D eigenvalue weighted by molar-refractivity contribution is 0.849. The molecule has 69 valence electrons. The Kier molecular flexibility index (Phi) is 1.77. The number of hydrogen-bond acceptors (Lipinski definition) is 2. The molecule has 2 aromatic rings. The van der Waals surface area contributed by atoms with Gasteiger partial charge in [0.05, 0.1) is 5.52 Å². The predicted octanol–water partition coefficient (Wildman–Crippen LogP) is 2.74. The zero-order valence-corrected chi connectivity index (χ0v) is 8.29. The highest BCUT2D eigenvalue weighted by atomic mass is 32.2. The van der Waals surface area contributed by atoms with Crippen molar-refractivity contribution in [2.75, 3.05) is 0 Å². The van der Waals surface area contributed by atoms with Gasteiger partial charge in [-0.2, -0.15) is 0 Å². The first kappa shape index (κ1) is 8.00. The van der Waals surface area contributed by atoms with Gasteiger partial charge in [0.2, 0.25) is 5.50 Å². The highest BCUT2D eigenvalue weighted by molar-refractivity contribution is 8.05. The highest BCUT2D eigenvalue weighted by Gasteiger charge is 2.15. The van der Waals surface area contributed by atoms with Gasteiger partial charge in [-0.15, -0.1) is 0 Å². The smallest absolute Gasteiger partial charge is 0.221 e. The summed E-state index contributed by atoms with van der Waals surface area (Å²) >= 11 is 1.70. The lowest BCUT2D eigenvalue weighted by Crippen LogP contribution is -2.15. The number of hydrogen-bond donors (Lipinski definition) is 1. The minimum atomic E-state index is 1.14. The molecule has 1 aromatic carbocycles. The number of para-hydroxylation sites is 1. The van der Waals surface area contributed by atoms with Gasteiger partial charge in [-0.05, 0) is 22.9 Å². The number of rotatable bonds is 1. The Labute approximate surface area is 86.6 Å². The van der Waals surface area contributed by atoms with Crippen molar-refractivity contribution in [1.82, 2.24) is 9.88 Å². The first-order valence-corrected chi connectivity index (χ1v) is 5.35. The third kappa shape index (κ3) is 1.13. The van der Waals surface area contributed by atoms with Crippen molar-refractivity contribution in [1.29, 1.82) is 0 Å². The van der Waals surface area contributed by atoms with Crippen LogP contribution in [-0.4, -0.2) is 4.57 Å². The summed E-state index contributed by atoms with van der Waals surface area (Å²) in [6.07, 6.45) is 4.04. The van der Waals surface area contributed by atoms with E-state index < -0.39 is 0 Å². The van der Waals surface area contributed by atoms with Crippen LogP contribution in [0.4, 0.5) is 0 Å². The van der Waals surface area contributed by atoms with Crippen molar-refractivity contribution in [2.45, 2.75) is 0 Å². The van der Waals surface area contributed by atoms with Gasteiger partial charge in [-0.25, -0.2) is 0 Å². The van der Waals surface area contributed by atoms with Gasteiger partial charge in [0, 0.05) is 12.4 Å². The van der Waals surface area contributed by atoms with E-state index in [2.05, 4.69) is 46.4 Å². The van der Waals surface area contributed by atoms with E-state index in [-0.39, 0.29) is 0 Å². The average Bonchev–Trinajstić information content (AvgIpc) is 2.85. The van der Waals surface area contributed by atoms with Crippen LogP contribution in [0.3, 0.4) is 0 Å². The van der Waals surface area contributed by atoms with E-state index in [0.29, 0.717) is 0 Å². The van der Waals surface area contributed by atoms with Gasteiger partial charge in [0.25, 0.3) is 0 Å². The lowest BCUT2D eigenvalue weighted by atomic mass is 10.2. The van der Waals surface area contributed by atoms with Crippen LogP contribution in [-0.2, 0) is 0 Å². The molecule has 3 rings (SSSR count). The molecular formula is C11H9N2S. The number of aromatic nitrogens is 1. The van der Waals surface area contributed by atoms with Crippen molar-refractivity contribution < 1.29 is 0 Å². The normalized spacial score (nSPS) is 16.3. The molecule has 1 aliphatic heterocycles. The minimum Gasteiger partial charge on any atom is -0.355 e. The maximum Gasteiger partial charge on any atom is 0.221 e. The molecule has 1 aromatic heterocycles.